The lowest BCUT2D eigenvalue weighted by atomic mass is 10.2. The lowest BCUT2D eigenvalue weighted by Gasteiger charge is -2.21. The standard InChI is InChI=1S/C15H16ClN3O3S/c1-3-18(4-2)11-7-5-10(6-8-11)17-15(20)13-9-12(19(21)22)14(16)23-13/h5-9H,3-4H2,1-2H3,(H,17,20). The maximum Gasteiger partial charge on any atom is 0.299 e. The van der Waals surface area contributed by atoms with Crippen molar-refractivity contribution in [1.29, 1.82) is 0 Å². The molecule has 1 heterocycles. The Bertz CT molecular complexity index is 711. The maximum atomic E-state index is 12.1. The van der Waals surface area contributed by atoms with Gasteiger partial charge in [-0.2, -0.15) is 0 Å². The number of hydrogen-bond acceptors (Lipinski definition) is 5. The fourth-order valence-electron chi connectivity index (χ4n) is 2.13. The van der Waals surface area contributed by atoms with Gasteiger partial charge in [0.1, 0.15) is 4.88 Å². The number of halogens is 1. The number of nitrogens with one attached hydrogen (secondary N) is 1. The molecule has 6 nitrogen and oxygen atoms in total. The third-order valence-corrected chi connectivity index (χ3v) is 4.68. The third kappa shape index (κ3) is 4.00. The van der Waals surface area contributed by atoms with Crippen LogP contribution in [0.1, 0.15) is 23.5 Å². The van der Waals surface area contributed by atoms with Gasteiger partial charge in [-0.3, -0.25) is 14.9 Å². The van der Waals surface area contributed by atoms with Crippen molar-refractivity contribution in [3.05, 3.63) is 49.7 Å². The summed E-state index contributed by atoms with van der Waals surface area (Å²) in [6.45, 7) is 5.96. The number of carbonyl (C=O) groups is 1. The number of hydrogen-bond donors (Lipinski definition) is 1. The lowest BCUT2D eigenvalue weighted by molar-refractivity contribution is -0.384. The average Bonchev–Trinajstić information content (AvgIpc) is 2.92. The molecule has 0 saturated carbocycles. The fourth-order valence-corrected chi connectivity index (χ4v) is 3.25. The maximum absolute atomic E-state index is 12.1. The van der Waals surface area contributed by atoms with Crippen molar-refractivity contribution in [2.45, 2.75) is 13.8 Å². The third-order valence-electron chi connectivity index (χ3n) is 3.34. The summed E-state index contributed by atoms with van der Waals surface area (Å²) in [4.78, 5) is 24.7. The summed E-state index contributed by atoms with van der Waals surface area (Å²) in [7, 11) is 0. The van der Waals surface area contributed by atoms with E-state index in [-0.39, 0.29) is 14.9 Å². The van der Waals surface area contributed by atoms with Gasteiger partial charge in [0, 0.05) is 30.5 Å². The molecule has 0 bridgehead atoms. The number of anilines is 2. The van der Waals surface area contributed by atoms with E-state index in [1.807, 2.05) is 12.1 Å². The zero-order valence-corrected chi connectivity index (χ0v) is 14.3. The van der Waals surface area contributed by atoms with Crippen LogP contribution in [0.2, 0.25) is 4.34 Å². The van der Waals surface area contributed by atoms with Crippen LogP contribution >= 0.6 is 22.9 Å². The Labute approximate surface area is 142 Å². The van der Waals surface area contributed by atoms with Crippen LogP contribution in [-0.2, 0) is 0 Å². The molecule has 0 aliphatic carbocycles. The molecule has 0 aliphatic rings. The van der Waals surface area contributed by atoms with Crippen molar-refractivity contribution in [3.8, 4) is 0 Å². The highest BCUT2D eigenvalue weighted by molar-refractivity contribution is 7.18. The normalized spacial score (nSPS) is 10.4. The number of thiophene rings is 1. The Balaban J connectivity index is 2.11. The monoisotopic (exact) mass is 353 g/mol. The van der Waals surface area contributed by atoms with Crippen LogP contribution in [0.5, 0.6) is 0 Å². The van der Waals surface area contributed by atoms with Gasteiger partial charge in [-0.25, -0.2) is 0 Å². The number of nitrogens with zero attached hydrogens (tertiary/aromatic N) is 2. The number of amides is 1. The van der Waals surface area contributed by atoms with Crippen LogP contribution in [0.3, 0.4) is 0 Å². The molecular weight excluding hydrogens is 338 g/mol. The minimum atomic E-state index is -0.603. The minimum absolute atomic E-state index is 0.00275. The Hall–Kier alpha value is -2.12. The van der Waals surface area contributed by atoms with E-state index in [0.29, 0.717) is 5.69 Å². The first-order chi connectivity index (χ1) is 11.0. The summed E-state index contributed by atoms with van der Waals surface area (Å²) < 4.78 is -0.00275. The summed E-state index contributed by atoms with van der Waals surface area (Å²) >= 11 is 6.65. The minimum Gasteiger partial charge on any atom is -0.372 e. The fraction of sp³-hybridized carbons (Fsp3) is 0.267. The second kappa shape index (κ2) is 7.43. The van der Waals surface area contributed by atoms with Crippen molar-refractivity contribution < 1.29 is 9.72 Å². The van der Waals surface area contributed by atoms with E-state index >= 15 is 0 Å². The molecule has 1 amide bonds. The van der Waals surface area contributed by atoms with E-state index in [4.69, 9.17) is 11.6 Å². The van der Waals surface area contributed by atoms with Crippen LogP contribution in [0.15, 0.2) is 30.3 Å². The molecule has 0 saturated heterocycles. The topological polar surface area (TPSA) is 75.5 Å². The van der Waals surface area contributed by atoms with Crippen molar-refractivity contribution >= 4 is 45.9 Å². The molecule has 0 radical (unpaired) electrons. The molecule has 0 spiro atoms. The molecule has 0 aliphatic heterocycles. The summed E-state index contributed by atoms with van der Waals surface area (Å²) in [6.07, 6.45) is 0. The van der Waals surface area contributed by atoms with Crippen LogP contribution in [0.4, 0.5) is 17.1 Å². The van der Waals surface area contributed by atoms with Gasteiger partial charge in [0.15, 0.2) is 4.34 Å². The molecule has 1 aromatic carbocycles. The Kier molecular flexibility index (Phi) is 5.57. The molecule has 2 aromatic rings. The summed E-state index contributed by atoms with van der Waals surface area (Å²) in [5.41, 5.74) is 1.44. The van der Waals surface area contributed by atoms with Gasteiger partial charge in [0.05, 0.1) is 4.92 Å². The SMILES string of the molecule is CCN(CC)c1ccc(NC(=O)c2cc([N+](=O)[O-])c(Cl)s2)cc1. The van der Waals surface area contributed by atoms with E-state index in [1.54, 1.807) is 12.1 Å². The zero-order valence-electron chi connectivity index (χ0n) is 12.7. The molecular formula is C15H16ClN3O3S. The molecule has 2 rings (SSSR count). The zero-order chi connectivity index (χ0) is 17.0. The average molecular weight is 354 g/mol. The van der Waals surface area contributed by atoms with Crippen molar-refractivity contribution in [1.82, 2.24) is 0 Å². The lowest BCUT2D eigenvalue weighted by Crippen LogP contribution is -2.21. The van der Waals surface area contributed by atoms with E-state index < -0.39 is 10.8 Å². The molecule has 1 N–H and O–H groups in total. The number of rotatable bonds is 6. The number of carbonyl (C=O) groups excluding carboxylic acids is 1. The molecule has 122 valence electrons. The Morgan fingerprint density at radius 3 is 2.39 bits per heavy atom. The second-order valence-corrected chi connectivity index (χ2v) is 6.35. The second-order valence-electron chi connectivity index (χ2n) is 4.70. The van der Waals surface area contributed by atoms with Crippen molar-refractivity contribution in [2.75, 3.05) is 23.3 Å². The Morgan fingerprint density at radius 1 is 1.30 bits per heavy atom. The van der Waals surface area contributed by atoms with Gasteiger partial charge in [-0.1, -0.05) is 11.6 Å². The molecule has 23 heavy (non-hydrogen) atoms. The van der Waals surface area contributed by atoms with Crippen LogP contribution in [-0.4, -0.2) is 23.9 Å². The first kappa shape index (κ1) is 17.2. The smallest absolute Gasteiger partial charge is 0.299 e. The highest BCUT2D eigenvalue weighted by Gasteiger charge is 2.21. The van der Waals surface area contributed by atoms with Crippen LogP contribution in [0, 0.1) is 10.1 Å². The van der Waals surface area contributed by atoms with E-state index in [2.05, 4.69) is 24.1 Å². The molecule has 0 fully saturated rings. The number of nitro groups is 1. The summed E-state index contributed by atoms with van der Waals surface area (Å²) in [5.74, 6) is -0.416. The van der Waals surface area contributed by atoms with Crippen molar-refractivity contribution in [3.63, 3.8) is 0 Å². The van der Waals surface area contributed by atoms with E-state index in [0.717, 1.165) is 30.1 Å². The molecule has 0 unspecified atom stereocenters. The summed E-state index contributed by atoms with van der Waals surface area (Å²) in [5, 5.41) is 13.5. The van der Waals surface area contributed by atoms with Gasteiger partial charge in [0.2, 0.25) is 0 Å². The van der Waals surface area contributed by atoms with Gasteiger partial charge in [-0.05, 0) is 38.1 Å². The molecule has 1 aromatic heterocycles. The van der Waals surface area contributed by atoms with Gasteiger partial charge in [0.25, 0.3) is 11.6 Å². The molecule has 8 heteroatoms. The van der Waals surface area contributed by atoms with E-state index in [9.17, 15) is 14.9 Å². The largest absolute Gasteiger partial charge is 0.372 e. The quantitative estimate of drug-likeness (QED) is 0.616. The van der Waals surface area contributed by atoms with Gasteiger partial charge in [-0.15, -0.1) is 11.3 Å². The van der Waals surface area contributed by atoms with Crippen LogP contribution < -0.4 is 10.2 Å². The molecule has 0 atom stereocenters. The summed E-state index contributed by atoms with van der Waals surface area (Å²) in [6, 6.07) is 8.63. The predicted octanol–water partition coefficient (Wildman–Crippen LogP) is 4.41. The first-order valence-electron chi connectivity index (χ1n) is 7.06. The highest BCUT2D eigenvalue weighted by Crippen LogP contribution is 2.34. The Morgan fingerprint density at radius 2 is 1.91 bits per heavy atom. The van der Waals surface area contributed by atoms with Crippen LogP contribution in [0.25, 0.3) is 0 Å². The predicted molar refractivity (Wildman–Crippen MR) is 93.9 cm³/mol. The van der Waals surface area contributed by atoms with Gasteiger partial charge < -0.3 is 10.2 Å². The van der Waals surface area contributed by atoms with E-state index in [1.165, 1.54) is 6.07 Å². The van der Waals surface area contributed by atoms with Crippen molar-refractivity contribution in [2.24, 2.45) is 0 Å². The van der Waals surface area contributed by atoms with Gasteiger partial charge >= 0.3 is 0 Å². The first-order valence-corrected chi connectivity index (χ1v) is 8.25. The number of benzene rings is 1. The highest BCUT2D eigenvalue weighted by atomic mass is 35.5.